The van der Waals surface area contributed by atoms with E-state index in [2.05, 4.69) is 64.6 Å². The van der Waals surface area contributed by atoms with Gasteiger partial charge < -0.3 is 20.3 Å². The average molecular weight is 387 g/mol. The topological polar surface area (TPSA) is 95.9 Å². The second kappa shape index (κ2) is 10.3. The highest BCUT2D eigenvalue weighted by molar-refractivity contribution is 7.07. The van der Waals surface area contributed by atoms with E-state index in [1.165, 1.54) is 16.3 Å². The molecule has 3 aromatic rings. The summed E-state index contributed by atoms with van der Waals surface area (Å²) in [6, 6.07) is 16.7. The van der Waals surface area contributed by atoms with Gasteiger partial charge in [0, 0.05) is 17.4 Å². The number of carboxylic acids is 2. The number of fused-ring (bicyclic) bond motifs is 1. The molecule has 6 nitrogen and oxygen atoms in total. The molecular formula is C20H21NO5S. The van der Waals surface area contributed by atoms with E-state index in [-0.39, 0.29) is 6.10 Å². The molecule has 3 N–H and O–H groups in total. The summed E-state index contributed by atoms with van der Waals surface area (Å²) < 4.78 is 6.34. The van der Waals surface area contributed by atoms with Crippen LogP contribution in [0.4, 0.5) is 0 Å². The molecule has 0 unspecified atom stereocenters. The zero-order chi connectivity index (χ0) is 19.6. The van der Waals surface area contributed by atoms with E-state index in [4.69, 9.17) is 24.5 Å². The van der Waals surface area contributed by atoms with E-state index < -0.39 is 11.9 Å². The number of aliphatic carboxylic acids is 2. The fourth-order valence-corrected chi connectivity index (χ4v) is 3.18. The Morgan fingerprint density at radius 2 is 1.78 bits per heavy atom. The minimum Gasteiger partial charge on any atom is -0.485 e. The maximum atomic E-state index is 9.10. The van der Waals surface area contributed by atoms with Gasteiger partial charge in [0.25, 0.3) is 0 Å². The van der Waals surface area contributed by atoms with Gasteiger partial charge in [0.2, 0.25) is 0 Å². The first kappa shape index (κ1) is 20.4. The van der Waals surface area contributed by atoms with Crippen molar-refractivity contribution < 1.29 is 24.5 Å². The summed E-state index contributed by atoms with van der Waals surface area (Å²) in [6.07, 6.45) is 1.05. The molecule has 1 heterocycles. The molecule has 27 heavy (non-hydrogen) atoms. The Labute approximate surface area is 161 Å². The average Bonchev–Trinajstić information content (AvgIpc) is 3.20. The van der Waals surface area contributed by atoms with Crippen LogP contribution in [0.2, 0.25) is 0 Å². The smallest absolute Gasteiger partial charge is 0.414 e. The number of hydrogen-bond acceptors (Lipinski definition) is 5. The predicted molar refractivity (Wildman–Crippen MR) is 105 cm³/mol. The molecule has 2 aromatic carbocycles. The molecule has 0 spiro atoms. The third-order valence-electron chi connectivity index (χ3n) is 3.77. The molecule has 142 valence electrons. The molecule has 3 rings (SSSR count). The first-order valence-electron chi connectivity index (χ1n) is 8.30. The number of thiophene rings is 1. The molecule has 0 radical (unpaired) electrons. The van der Waals surface area contributed by atoms with Gasteiger partial charge in [0.15, 0.2) is 0 Å². The Morgan fingerprint density at radius 3 is 2.41 bits per heavy atom. The molecule has 0 bridgehead atoms. The normalized spacial score (nSPS) is 11.3. The fraction of sp³-hybridized carbons (Fsp3) is 0.200. The summed E-state index contributed by atoms with van der Waals surface area (Å²) in [5.74, 6) is -2.69. The predicted octanol–water partition coefficient (Wildman–Crippen LogP) is 3.79. The minimum atomic E-state index is -1.82. The van der Waals surface area contributed by atoms with Crippen molar-refractivity contribution in [3.05, 3.63) is 64.9 Å². The van der Waals surface area contributed by atoms with Gasteiger partial charge in [-0.3, -0.25) is 0 Å². The van der Waals surface area contributed by atoms with Crippen LogP contribution in [0.15, 0.2) is 59.3 Å². The van der Waals surface area contributed by atoms with E-state index in [0.717, 1.165) is 18.7 Å². The Hall–Kier alpha value is -2.90. The number of hydrogen-bond donors (Lipinski definition) is 3. The Morgan fingerprint density at radius 1 is 1.07 bits per heavy atom. The quantitative estimate of drug-likeness (QED) is 0.557. The zero-order valence-corrected chi connectivity index (χ0v) is 15.6. The molecule has 0 aliphatic carbocycles. The van der Waals surface area contributed by atoms with E-state index in [1.807, 2.05) is 7.05 Å². The van der Waals surface area contributed by atoms with Gasteiger partial charge in [0.05, 0.1) is 0 Å². The second-order valence-corrected chi connectivity index (χ2v) is 6.42. The monoisotopic (exact) mass is 387 g/mol. The third-order valence-corrected chi connectivity index (χ3v) is 4.47. The number of carboxylic acid groups (broad SMARTS) is 2. The summed E-state index contributed by atoms with van der Waals surface area (Å²) in [5, 5.41) is 24.7. The Balaban J connectivity index is 0.000000380. The minimum absolute atomic E-state index is 0.0921. The SMILES string of the molecule is CNCC[C@H](Oc1cccc2ccccc12)c1ccsc1.O=C(O)C(=O)O. The lowest BCUT2D eigenvalue weighted by molar-refractivity contribution is -0.159. The van der Waals surface area contributed by atoms with E-state index in [9.17, 15) is 0 Å². The van der Waals surface area contributed by atoms with Crippen molar-refractivity contribution in [2.24, 2.45) is 0 Å². The van der Waals surface area contributed by atoms with Crippen LogP contribution in [-0.4, -0.2) is 35.7 Å². The summed E-state index contributed by atoms with van der Waals surface area (Å²) in [6.45, 7) is 0.936. The van der Waals surface area contributed by atoms with Gasteiger partial charge in [-0.15, -0.1) is 0 Å². The highest BCUT2D eigenvalue weighted by Gasteiger charge is 2.14. The highest BCUT2D eigenvalue weighted by Crippen LogP contribution is 2.31. The number of ether oxygens (including phenoxy) is 1. The number of carbonyl (C=O) groups is 2. The summed E-state index contributed by atoms with van der Waals surface area (Å²) in [5.41, 5.74) is 1.25. The first-order valence-corrected chi connectivity index (χ1v) is 9.24. The van der Waals surface area contributed by atoms with Gasteiger partial charge in [0.1, 0.15) is 11.9 Å². The Kier molecular flexibility index (Phi) is 7.79. The van der Waals surface area contributed by atoms with Gasteiger partial charge >= 0.3 is 11.9 Å². The maximum Gasteiger partial charge on any atom is 0.414 e. The maximum absolute atomic E-state index is 9.10. The molecule has 0 saturated heterocycles. The van der Waals surface area contributed by atoms with E-state index in [0.29, 0.717) is 0 Å². The fourth-order valence-electron chi connectivity index (χ4n) is 2.48. The number of nitrogens with one attached hydrogen (secondary N) is 1. The zero-order valence-electron chi connectivity index (χ0n) is 14.8. The van der Waals surface area contributed by atoms with E-state index >= 15 is 0 Å². The molecule has 0 aliphatic heterocycles. The molecule has 0 fully saturated rings. The molecule has 1 atom stereocenters. The lowest BCUT2D eigenvalue weighted by Gasteiger charge is -2.19. The van der Waals surface area contributed by atoms with Gasteiger partial charge in [-0.05, 0) is 41.9 Å². The van der Waals surface area contributed by atoms with Gasteiger partial charge in [-0.1, -0.05) is 36.4 Å². The van der Waals surface area contributed by atoms with Crippen LogP contribution in [0.5, 0.6) is 5.75 Å². The largest absolute Gasteiger partial charge is 0.485 e. The van der Waals surface area contributed by atoms with E-state index in [1.54, 1.807) is 11.3 Å². The van der Waals surface area contributed by atoms with Crippen molar-refractivity contribution in [2.75, 3.05) is 13.6 Å². The van der Waals surface area contributed by atoms with Crippen molar-refractivity contribution in [3.8, 4) is 5.75 Å². The lowest BCUT2D eigenvalue weighted by Crippen LogP contribution is -2.16. The number of rotatable bonds is 6. The molecule has 0 amide bonds. The molecule has 1 aromatic heterocycles. The molecule has 0 saturated carbocycles. The van der Waals surface area contributed by atoms with Crippen LogP contribution in [0.25, 0.3) is 10.8 Å². The summed E-state index contributed by atoms with van der Waals surface area (Å²) >= 11 is 1.72. The first-order chi connectivity index (χ1) is 13.0. The third kappa shape index (κ3) is 6.09. The summed E-state index contributed by atoms with van der Waals surface area (Å²) in [4.78, 5) is 18.2. The second-order valence-electron chi connectivity index (χ2n) is 5.64. The molecule has 7 heteroatoms. The standard InChI is InChI=1S/C18H19NOS.C2H2O4/c1-19-11-9-17(15-10-12-21-13-15)20-18-8-4-6-14-5-2-3-7-16(14)18;3-1(4)2(5)6/h2-8,10,12-13,17,19H,9,11H2,1H3;(H,3,4)(H,5,6)/t17-;/m0./s1. The molecule has 0 aliphatic rings. The van der Waals surface area contributed by atoms with Crippen molar-refractivity contribution >= 4 is 34.0 Å². The van der Waals surface area contributed by atoms with Gasteiger partial charge in [-0.2, -0.15) is 11.3 Å². The van der Waals surface area contributed by atoms with Crippen LogP contribution in [0.1, 0.15) is 18.1 Å². The van der Waals surface area contributed by atoms with Crippen molar-refractivity contribution in [1.82, 2.24) is 5.32 Å². The summed E-state index contributed by atoms with van der Waals surface area (Å²) in [7, 11) is 1.97. The van der Waals surface area contributed by atoms with Crippen molar-refractivity contribution in [1.29, 1.82) is 0 Å². The Bertz CT molecular complexity index is 862. The van der Waals surface area contributed by atoms with Crippen molar-refractivity contribution in [3.63, 3.8) is 0 Å². The van der Waals surface area contributed by atoms with Crippen LogP contribution in [0, 0.1) is 0 Å². The highest BCUT2D eigenvalue weighted by atomic mass is 32.1. The lowest BCUT2D eigenvalue weighted by atomic mass is 10.1. The van der Waals surface area contributed by atoms with Crippen LogP contribution < -0.4 is 10.1 Å². The molecular weight excluding hydrogens is 366 g/mol. The van der Waals surface area contributed by atoms with Crippen LogP contribution in [-0.2, 0) is 9.59 Å². The van der Waals surface area contributed by atoms with Crippen LogP contribution in [0.3, 0.4) is 0 Å². The number of benzene rings is 2. The van der Waals surface area contributed by atoms with Crippen LogP contribution >= 0.6 is 11.3 Å². The van der Waals surface area contributed by atoms with Crippen molar-refractivity contribution in [2.45, 2.75) is 12.5 Å². The van der Waals surface area contributed by atoms with Gasteiger partial charge in [-0.25, -0.2) is 9.59 Å².